The minimum absolute atomic E-state index is 0.669. The molecule has 0 aliphatic heterocycles. The standard InChI is InChI=1S/C15H22N2O2/c1-18-9-10-19-8-4-7-16-11-13-12-17-15-6-3-2-5-14(13)15/h2-3,5-6,12,16-17H,4,7-11H2,1H3. The Labute approximate surface area is 114 Å². The molecule has 0 saturated heterocycles. The number of ether oxygens (including phenoxy) is 2. The topological polar surface area (TPSA) is 46.3 Å². The zero-order valence-electron chi connectivity index (χ0n) is 11.4. The van der Waals surface area contributed by atoms with Gasteiger partial charge in [-0.05, 0) is 24.6 Å². The number of para-hydroxylation sites is 1. The summed E-state index contributed by atoms with van der Waals surface area (Å²) < 4.78 is 10.3. The molecule has 4 nitrogen and oxygen atoms in total. The van der Waals surface area contributed by atoms with E-state index in [0.717, 1.165) is 26.1 Å². The van der Waals surface area contributed by atoms with Crippen molar-refractivity contribution in [1.29, 1.82) is 0 Å². The molecule has 0 atom stereocenters. The molecular weight excluding hydrogens is 240 g/mol. The number of fused-ring (bicyclic) bond motifs is 1. The molecule has 2 aromatic rings. The van der Waals surface area contributed by atoms with Crippen LogP contribution in [0.4, 0.5) is 0 Å². The molecule has 0 bridgehead atoms. The van der Waals surface area contributed by atoms with Gasteiger partial charge in [-0.2, -0.15) is 0 Å². The van der Waals surface area contributed by atoms with Gasteiger partial charge in [0.25, 0.3) is 0 Å². The quantitative estimate of drug-likeness (QED) is 0.682. The molecule has 0 saturated carbocycles. The Morgan fingerprint density at radius 3 is 2.95 bits per heavy atom. The van der Waals surface area contributed by atoms with Crippen molar-refractivity contribution < 1.29 is 9.47 Å². The van der Waals surface area contributed by atoms with E-state index in [1.807, 2.05) is 6.07 Å². The van der Waals surface area contributed by atoms with Crippen LogP contribution in [0.25, 0.3) is 10.9 Å². The first kappa shape index (κ1) is 14.1. The van der Waals surface area contributed by atoms with Crippen molar-refractivity contribution >= 4 is 10.9 Å². The number of hydrogen-bond donors (Lipinski definition) is 2. The molecule has 1 aromatic carbocycles. The minimum Gasteiger partial charge on any atom is -0.382 e. The highest BCUT2D eigenvalue weighted by molar-refractivity contribution is 5.82. The number of benzene rings is 1. The maximum atomic E-state index is 5.41. The van der Waals surface area contributed by atoms with E-state index in [1.54, 1.807) is 7.11 Å². The Bertz CT molecular complexity index is 482. The normalized spacial score (nSPS) is 11.2. The van der Waals surface area contributed by atoms with Crippen molar-refractivity contribution in [2.75, 3.05) is 33.5 Å². The highest BCUT2D eigenvalue weighted by Gasteiger charge is 2.01. The second-order valence-corrected chi connectivity index (χ2v) is 4.49. The summed E-state index contributed by atoms with van der Waals surface area (Å²) in [6.45, 7) is 3.99. The summed E-state index contributed by atoms with van der Waals surface area (Å²) in [6, 6.07) is 8.37. The molecule has 0 unspecified atom stereocenters. The van der Waals surface area contributed by atoms with Crippen LogP contribution in [0.5, 0.6) is 0 Å². The predicted octanol–water partition coefficient (Wildman–Crippen LogP) is 2.31. The van der Waals surface area contributed by atoms with Crippen LogP contribution >= 0.6 is 0 Å². The zero-order valence-corrected chi connectivity index (χ0v) is 11.4. The maximum absolute atomic E-state index is 5.41. The van der Waals surface area contributed by atoms with Gasteiger partial charge in [0, 0.05) is 37.4 Å². The van der Waals surface area contributed by atoms with Crippen LogP contribution in [-0.2, 0) is 16.0 Å². The van der Waals surface area contributed by atoms with Crippen LogP contribution in [-0.4, -0.2) is 38.5 Å². The maximum Gasteiger partial charge on any atom is 0.0700 e. The first-order valence-corrected chi connectivity index (χ1v) is 6.74. The molecule has 0 aliphatic carbocycles. The Morgan fingerprint density at radius 2 is 2.05 bits per heavy atom. The zero-order chi connectivity index (χ0) is 13.3. The average Bonchev–Trinajstić information content (AvgIpc) is 2.85. The molecule has 0 fully saturated rings. The smallest absolute Gasteiger partial charge is 0.0700 e. The highest BCUT2D eigenvalue weighted by atomic mass is 16.5. The van der Waals surface area contributed by atoms with Gasteiger partial charge < -0.3 is 19.8 Å². The first-order valence-electron chi connectivity index (χ1n) is 6.74. The molecule has 1 aromatic heterocycles. The fourth-order valence-electron chi connectivity index (χ4n) is 2.04. The Balaban J connectivity index is 1.63. The molecule has 2 rings (SSSR count). The summed E-state index contributed by atoms with van der Waals surface area (Å²) in [5.41, 5.74) is 2.51. The van der Waals surface area contributed by atoms with Gasteiger partial charge in [0.1, 0.15) is 0 Å². The van der Waals surface area contributed by atoms with Crippen molar-refractivity contribution in [3.8, 4) is 0 Å². The summed E-state index contributed by atoms with van der Waals surface area (Å²) in [5, 5.41) is 4.74. The Hall–Kier alpha value is -1.36. The molecule has 19 heavy (non-hydrogen) atoms. The van der Waals surface area contributed by atoms with E-state index in [1.165, 1.54) is 16.5 Å². The van der Waals surface area contributed by atoms with Crippen molar-refractivity contribution in [3.05, 3.63) is 36.0 Å². The van der Waals surface area contributed by atoms with Crippen molar-refractivity contribution in [1.82, 2.24) is 10.3 Å². The van der Waals surface area contributed by atoms with E-state index in [-0.39, 0.29) is 0 Å². The number of aromatic nitrogens is 1. The van der Waals surface area contributed by atoms with E-state index >= 15 is 0 Å². The number of aromatic amines is 1. The van der Waals surface area contributed by atoms with E-state index in [2.05, 4.69) is 34.7 Å². The van der Waals surface area contributed by atoms with Crippen LogP contribution < -0.4 is 5.32 Å². The third kappa shape index (κ3) is 4.35. The number of hydrogen-bond acceptors (Lipinski definition) is 3. The van der Waals surface area contributed by atoms with Crippen LogP contribution in [0.3, 0.4) is 0 Å². The SMILES string of the molecule is COCCOCCCNCc1c[nH]c2ccccc12. The number of H-pyrrole nitrogens is 1. The largest absolute Gasteiger partial charge is 0.382 e. The van der Waals surface area contributed by atoms with Gasteiger partial charge in [-0.3, -0.25) is 0 Å². The number of rotatable bonds is 9. The van der Waals surface area contributed by atoms with Crippen LogP contribution in [0.1, 0.15) is 12.0 Å². The molecule has 1 heterocycles. The highest BCUT2D eigenvalue weighted by Crippen LogP contribution is 2.17. The number of nitrogens with one attached hydrogen (secondary N) is 2. The van der Waals surface area contributed by atoms with Gasteiger partial charge in [0.15, 0.2) is 0 Å². The lowest BCUT2D eigenvalue weighted by Crippen LogP contribution is -2.16. The van der Waals surface area contributed by atoms with E-state index < -0.39 is 0 Å². The van der Waals surface area contributed by atoms with Crippen LogP contribution in [0.15, 0.2) is 30.5 Å². The van der Waals surface area contributed by atoms with E-state index in [4.69, 9.17) is 9.47 Å². The molecule has 104 valence electrons. The Kier molecular flexibility index (Phi) is 5.88. The van der Waals surface area contributed by atoms with E-state index in [9.17, 15) is 0 Å². The Morgan fingerprint density at radius 1 is 1.16 bits per heavy atom. The van der Waals surface area contributed by atoms with Gasteiger partial charge in [-0.15, -0.1) is 0 Å². The molecule has 0 aliphatic rings. The van der Waals surface area contributed by atoms with E-state index in [0.29, 0.717) is 13.2 Å². The lowest BCUT2D eigenvalue weighted by Gasteiger charge is -2.05. The minimum atomic E-state index is 0.669. The predicted molar refractivity (Wildman–Crippen MR) is 77.3 cm³/mol. The molecule has 0 spiro atoms. The van der Waals surface area contributed by atoms with Crippen LogP contribution in [0, 0.1) is 0 Å². The van der Waals surface area contributed by atoms with Gasteiger partial charge in [-0.1, -0.05) is 18.2 Å². The monoisotopic (exact) mass is 262 g/mol. The summed E-state index contributed by atoms with van der Waals surface area (Å²) in [7, 11) is 1.69. The molecule has 2 N–H and O–H groups in total. The van der Waals surface area contributed by atoms with Crippen molar-refractivity contribution in [3.63, 3.8) is 0 Å². The van der Waals surface area contributed by atoms with Gasteiger partial charge in [0.2, 0.25) is 0 Å². The summed E-state index contributed by atoms with van der Waals surface area (Å²) >= 11 is 0. The average molecular weight is 262 g/mol. The second kappa shape index (κ2) is 7.94. The lowest BCUT2D eigenvalue weighted by molar-refractivity contribution is 0.0695. The summed E-state index contributed by atoms with van der Waals surface area (Å²) in [5.74, 6) is 0. The molecule has 0 radical (unpaired) electrons. The molecule has 0 amide bonds. The van der Waals surface area contributed by atoms with Gasteiger partial charge >= 0.3 is 0 Å². The third-order valence-corrected chi connectivity index (χ3v) is 3.06. The second-order valence-electron chi connectivity index (χ2n) is 4.49. The fraction of sp³-hybridized carbons (Fsp3) is 0.467. The lowest BCUT2D eigenvalue weighted by atomic mass is 10.2. The van der Waals surface area contributed by atoms with Gasteiger partial charge in [0.05, 0.1) is 13.2 Å². The van der Waals surface area contributed by atoms with Crippen LogP contribution in [0.2, 0.25) is 0 Å². The summed E-state index contributed by atoms with van der Waals surface area (Å²) in [4.78, 5) is 3.28. The van der Waals surface area contributed by atoms with Crippen molar-refractivity contribution in [2.24, 2.45) is 0 Å². The van der Waals surface area contributed by atoms with Gasteiger partial charge in [-0.25, -0.2) is 0 Å². The number of methoxy groups -OCH3 is 1. The molecule has 4 heteroatoms. The molecular formula is C15H22N2O2. The third-order valence-electron chi connectivity index (χ3n) is 3.06. The van der Waals surface area contributed by atoms with Crippen molar-refractivity contribution in [2.45, 2.75) is 13.0 Å². The summed E-state index contributed by atoms with van der Waals surface area (Å²) in [6.07, 6.45) is 3.10. The first-order chi connectivity index (χ1) is 9.42. The fourth-order valence-corrected chi connectivity index (χ4v) is 2.04.